The Balaban J connectivity index is 2.57. The van der Waals surface area contributed by atoms with E-state index in [0.717, 1.165) is 12.1 Å². The summed E-state index contributed by atoms with van der Waals surface area (Å²) in [6.45, 7) is 0. The normalized spacial score (nSPS) is 11.4. The van der Waals surface area contributed by atoms with E-state index >= 15 is 0 Å². The van der Waals surface area contributed by atoms with Crippen LogP contribution in [0.5, 0.6) is 5.75 Å². The smallest absolute Gasteiger partial charge is 0.416 e. The van der Waals surface area contributed by atoms with Gasteiger partial charge >= 0.3 is 6.18 Å². The summed E-state index contributed by atoms with van der Waals surface area (Å²) in [6, 6.07) is 4.77. The molecule has 0 fully saturated rings. The number of rotatable bonds is 2. The standard InChI is InChI=1S/C12H8ClF3N2O/c1-19-10-9(17-6-18-11(10)13)7-3-2-4-8(5-7)12(14,15)16/h2-6H,1H3. The Morgan fingerprint density at radius 3 is 2.58 bits per heavy atom. The fourth-order valence-electron chi connectivity index (χ4n) is 1.58. The van der Waals surface area contributed by atoms with Crippen LogP contribution < -0.4 is 4.74 Å². The van der Waals surface area contributed by atoms with Gasteiger partial charge in [0.2, 0.25) is 0 Å². The number of hydrogen-bond acceptors (Lipinski definition) is 3. The number of hydrogen-bond donors (Lipinski definition) is 0. The highest BCUT2D eigenvalue weighted by atomic mass is 35.5. The van der Waals surface area contributed by atoms with Gasteiger partial charge in [-0.25, -0.2) is 9.97 Å². The lowest BCUT2D eigenvalue weighted by atomic mass is 10.1. The van der Waals surface area contributed by atoms with Gasteiger partial charge in [-0.2, -0.15) is 13.2 Å². The van der Waals surface area contributed by atoms with Gasteiger partial charge in [0.25, 0.3) is 0 Å². The molecule has 0 N–H and O–H groups in total. The number of alkyl halides is 3. The van der Waals surface area contributed by atoms with Gasteiger partial charge in [0.1, 0.15) is 12.0 Å². The second-order valence-corrected chi connectivity index (χ2v) is 3.98. The van der Waals surface area contributed by atoms with Crippen LogP contribution in [0.4, 0.5) is 13.2 Å². The molecule has 1 aromatic carbocycles. The highest BCUT2D eigenvalue weighted by molar-refractivity contribution is 6.31. The van der Waals surface area contributed by atoms with Crippen LogP contribution in [0.2, 0.25) is 5.15 Å². The molecule has 2 aromatic rings. The number of nitrogens with zero attached hydrogens (tertiary/aromatic N) is 2. The van der Waals surface area contributed by atoms with Crippen LogP contribution in [-0.4, -0.2) is 17.1 Å². The number of benzene rings is 1. The van der Waals surface area contributed by atoms with Gasteiger partial charge in [0.15, 0.2) is 10.9 Å². The van der Waals surface area contributed by atoms with E-state index in [1.807, 2.05) is 0 Å². The van der Waals surface area contributed by atoms with Crippen molar-refractivity contribution in [3.05, 3.63) is 41.3 Å². The zero-order valence-corrected chi connectivity index (χ0v) is 10.5. The number of ether oxygens (including phenoxy) is 1. The van der Waals surface area contributed by atoms with Crippen molar-refractivity contribution in [2.45, 2.75) is 6.18 Å². The summed E-state index contributed by atoms with van der Waals surface area (Å²) in [5.74, 6) is 0.142. The molecule has 2 rings (SSSR count). The average Bonchev–Trinajstić information content (AvgIpc) is 2.37. The van der Waals surface area contributed by atoms with Gasteiger partial charge in [0.05, 0.1) is 12.7 Å². The maximum Gasteiger partial charge on any atom is 0.416 e. The molecule has 3 nitrogen and oxygen atoms in total. The van der Waals surface area contributed by atoms with Crippen LogP contribution in [0, 0.1) is 0 Å². The molecule has 1 heterocycles. The zero-order valence-electron chi connectivity index (χ0n) is 9.70. The van der Waals surface area contributed by atoms with Crippen LogP contribution in [0.15, 0.2) is 30.6 Å². The lowest BCUT2D eigenvalue weighted by Crippen LogP contribution is -2.05. The topological polar surface area (TPSA) is 35.0 Å². The van der Waals surface area contributed by atoms with E-state index in [-0.39, 0.29) is 22.2 Å². The lowest BCUT2D eigenvalue weighted by Gasteiger charge is -2.11. The minimum absolute atomic E-state index is 0.0462. The molecular formula is C12H8ClF3N2O. The predicted molar refractivity (Wildman–Crippen MR) is 64.0 cm³/mol. The molecule has 0 bridgehead atoms. The van der Waals surface area contributed by atoms with E-state index in [2.05, 4.69) is 9.97 Å². The Morgan fingerprint density at radius 1 is 1.21 bits per heavy atom. The molecule has 0 saturated heterocycles. The largest absolute Gasteiger partial charge is 0.491 e. The second kappa shape index (κ2) is 5.05. The maximum atomic E-state index is 12.7. The summed E-state index contributed by atoms with van der Waals surface area (Å²) < 4.78 is 43.0. The summed E-state index contributed by atoms with van der Waals surface area (Å²) >= 11 is 5.81. The Hall–Kier alpha value is -1.82. The van der Waals surface area contributed by atoms with Gasteiger partial charge in [-0.05, 0) is 12.1 Å². The monoisotopic (exact) mass is 288 g/mol. The molecule has 0 atom stereocenters. The Bertz CT molecular complexity index is 602. The summed E-state index contributed by atoms with van der Waals surface area (Å²) in [7, 11) is 1.35. The van der Waals surface area contributed by atoms with E-state index in [1.54, 1.807) is 0 Å². The van der Waals surface area contributed by atoms with E-state index in [0.29, 0.717) is 0 Å². The fraction of sp³-hybridized carbons (Fsp3) is 0.167. The molecule has 0 spiro atoms. The first-order valence-corrected chi connectivity index (χ1v) is 5.53. The van der Waals surface area contributed by atoms with Gasteiger partial charge < -0.3 is 4.74 Å². The summed E-state index contributed by atoms with van der Waals surface area (Å²) in [4.78, 5) is 7.63. The number of aromatic nitrogens is 2. The van der Waals surface area contributed by atoms with Crippen LogP contribution in [0.3, 0.4) is 0 Å². The molecular weight excluding hydrogens is 281 g/mol. The zero-order chi connectivity index (χ0) is 14.0. The summed E-state index contributed by atoms with van der Waals surface area (Å²) in [5, 5.41) is 0.0462. The van der Waals surface area contributed by atoms with Crippen molar-refractivity contribution in [1.29, 1.82) is 0 Å². The predicted octanol–water partition coefficient (Wildman–Crippen LogP) is 3.82. The molecule has 0 saturated carbocycles. The van der Waals surface area contributed by atoms with Crippen molar-refractivity contribution in [3.8, 4) is 17.0 Å². The first-order valence-electron chi connectivity index (χ1n) is 5.15. The third-order valence-electron chi connectivity index (χ3n) is 2.43. The molecule has 0 amide bonds. The number of methoxy groups -OCH3 is 1. The second-order valence-electron chi connectivity index (χ2n) is 3.62. The van der Waals surface area contributed by atoms with Gasteiger partial charge in [0, 0.05) is 5.56 Å². The van der Waals surface area contributed by atoms with Crippen molar-refractivity contribution < 1.29 is 17.9 Å². The molecule has 0 unspecified atom stereocenters. The number of halogens is 4. The van der Waals surface area contributed by atoms with Crippen LogP contribution in [-0.2, 0) is 6.18 Å². The first-order chi connectivity index (χ1) is 8.93. The van der Waals surface area contributed by atoms with Crippen LogP contribution in [0.1, 0.15) is 5.56 Å². The highest BCUT2D eigenvalue weighted by Gasteiger charge is 2.30. The molecule has 0 aliphatic heterocycles. The first kappa shape index (κ1) is 13.6. The summed E-state index contributed by atoms with van der Waals surface area (Å²) in [5.41, 5.74) is -0.286. The average molecular weight is 289 g/mol. The van der Waals surface area contributed by atoms with E-state index in [9.17, 15) is 13.2 Å². The Morgan fingerprint density at radius 2 is 1.95 bits per heavy atom. The third kappa shape index (κ3) is 2.78. The van der Waals surface area contributed by atoms with Crippen molar-refractivity contribution in [1.82, 2.24) is 9.97 Å². The van der Waals surface area contributed by atoms with Crippen molar-refractivity contribution in [2.24, 2.45) is 0 Å². The Labute approximate surface area is 112 Å². The Kier molecular flexibility index (Phi) is 3.61. The lowest BCUT2D eigenvalue weighted by molar-refractivity contribution is -0.137. The molecule has 19 heavy (non-hydrogen) atoms. The molecule has 0 aliphatic carbocycles. The van der Waals surface area contributed by atoms with Crippen molar-refractivity contribution >= 4 is 11.6 Å². The maximum absolute atomic E-state index is 12.7. The molecule has 0 aliphatic rings. The van der Waals surface area contributed by atoms with E-state index in [4.69, 9.17) is 16.3 Å². The quantitative estimate of drug-likeness (QED) is 0.788. The van der Waals surface area contributed by atoms with Crippen molar-refractivity contribution in [2.75, 3.05) is 7.11 Å². The van der Waals surface area contributed by atoms with Gasteiger partial charge in [-0.1, -0.05) is 23.7 Å². The van der Waals surface area contributed by atoms with Crippen molar-refractivity contribution in [3.63, 3.8) is 0 Å². The molecule has 0 radical (unpaired) electrons. The van der Waals surface area contributed by atoms with E-state index < -0.39 is 11.7 Å². The van der Waals surface area contributed by atoms with Gasteiger partial charge in [-0.3, -0.25) is 0 Å². The minimum atomic E-state index is -4.42. The molecule has 7 heteroatoms. The SMILES string of the molecule is COc1c(Cl)ncnc1-c1cccc(C(F)(F)F)c1. The minimum Gasteiger partial charge on any atom is -0.491 e. The van der Waals surface area contributed by atoms with Gasteiger partial charge in [-0.15, -0.1) is 0 Å². The van der Waals surface area contributed by atoms with Crippen LogP contribution in [0.25, 0.3) is 11.3 Å². The highest BCUT2D eigenvalue weighted by Crippen LogP contribution is 2.36. The molecule has 1 aromatic heterocycles. The third-order valence-corrected chi connectivity index (χ3v) is 2.70. The fourth-order valence-corrected chi connectivity index (χ4v) is 1.79. The molecule has 100 valence electrons. The van der Waals surface area contributed by atoms with Crippen LogP contribution >= 0.6 is 11.6 Å². The summed E-state index contributed by atoms with van der Waals surface area (Å²) in [6.07, 6.45) is -3.25. The van der Waals surface area contributed by atoms with E-state index in [1.165, 1.54) is 25.6 Å².